The maximum atomic E-state index is 17.0. The Labute approximate surface area is 425 Å². The first-order chi connectivity index (χ1) is 35.2. The van der Waals surface area contributed by atoms with E-state index in [4.69, 9.17) is 33.9 Å². The molecule has 4 amide bonds. The van der Waals surface area contributed by atoms with Crippen molar-refractivity contribution in [3.05, 3.63) is 81.8 Å². The lowest BCUT2D eigenvalue weighted by Crippen LogP contribution is -2.54. The number of imidazole rings is 2. The summed E-state index contributed by atoms with van der Waals surface area (Å²) in [6.07, 6.45) is 8.54. The normalized spacial score (nSPS) is 21.9. The first-order valence-corrected chi connectivity index (χ1v) is 26.2. The van der Waals surface area contributed by atoms with Crippen molar-refractivity contribution in [1.82, 2.24) is 49.9 Å². The highest BCUT2D eigenvalue weighted by molar-refractivity contribution is 7.11. The van der Waals surface area contributed by atoms with Crippen LogP contribution >= 0.6 is 11.3 Å². The van der Waals surface area contributed by atoms with E-state index in [2.05, 4.69) is 26.7 Å². The highest BCUT2D eigenvalue weighted by atomic mass is 32.1. The molecule has 8 heterocycles. The largest absolute Gasteiger partial charge is 0.462 e. The molecule has 0 spiro atoms. The summed E-state index contributed by atoms with van der Waals surface area (Å²) in [5, 5.41) is 7.20. The second kappa shape index (κ2) is 19.2. The van der Waals surface area contributed by atoms with Crippen LogP contribution in [0.2, 0.25) is 0 Å². The Morgan fingerprint density at radius 1 is 0.849 bits per heavy atom. The standard InChI is InChI=1S/C53H61FN10O8S/c1-27(2)43(60-51(67)69-5)48(65)62-17-8-11-37(62)46-56-26-35(58-46)30-21-32(54)42-39-22-31-20-28(14-15-36(31)64(39)50(72-40(42)23-30)47-59-33-10-7-13-41(33)73-47)34-25-55-45(57-34)38-12-9-18-63(38)49(66)44(61-52(68)70-6)29-16-19-71-53(3,4)24-29/h14-15,20-23,25-27,29,37-38,43-44,50H,7-13,16-19,24H2,1-6H3,(H,55,57)(H,56,58)(H,60,67)(H,61,68). The minimum Gasteiger partial charge on any atom is -0.462 e. The van der Waals surface area contributed by atoms with E-state index in [1.165, 1.54) is 25.2 Å². The number of methoxy groups -OCH3 is 2. The zero-order valence-corrected chi connectivity index (χ0v) is 42.7. The average Bonchev–Trinajstić information content (AvgIpc) is 4.23. The van der Waals surface area contributed by atoms with Crippen molar-refractivity contribution in [3.8, 4) is 39.5 Å². The molecule has 2 aromatic carbocycles. The van der Waals surface area contributed by atoms with Gasteiger partial charge < -0.3 is 49.3 Å². The molecule has 73 heavy (non-hydrogen) atoms. The van der Waals surface area contributed by atoms with Crippen molar-refractivity contribution in [2.75, 3.05) is 33.9 Å². The average molecular weight is 1020 g/mol. The van der Waals surface area contributed by atoms with Gasteiger partial charge in [-0.3, -0.25) is 14.2 Å². The fourth-order valence-corrected chi connectivity index (χ4v) is 12.9. The number of likely N-dealkylation sites (tertiary alicyclic amines) is 2. The number of alkyl carbamates (subject to hydrolysis) is 2. The molecule has 20 heteroatoms. The van der Waals surface area contributed by atoms with Crippen molar-refractivity contribution in [2.24, 2.45) is 11.8 Å². The summed E-state index contributed by atoms with van der Waals surface area (Å²) in [6.45, 7) is 9.27. The molecule has 1 aliphatic carbocycles. The molecule has 0 saturated carbocycles. The SMILES string of the molecule is COC(=O)NC(C(=O)N1CCCC1c1ncc(-c2cc(F)c3c(c2)OC(c2nc4c(s2)CCC4)n2c-3cc3cc(-c4cnc(C5CCCN5C(=O)C(NC(=O)OC)C5CCOC(C)(C)C5)[nH]4)ccc32)[nH]1)C(C)C. The van der Waals surface area contributed by atoms with E-state index in [1.807, 2.05) is 61.4 Å². The number of ether oxygens (including phenoxy) is 4. The number of hydrogen-bond donors (Lipinski definition) is 4. The minimum absolute atomic E-state index is 0.131. The zero-order chi connectivity index (χ0) is 50.9. The third kappa shape index (κ3) is 8.99. The highest BCUT2D eigenvalue weighted by Gasteiger charge is 2.44. The van der Waals surface area contributed by atoms with Gasteiger partial charge in [-0.25, -0.2) is 28.9 Å². The van der Waals surface area contributed by atoms with Crippen LogP contribution in [-0.4, -0.2) is 115 Å². The monoisotopic (exact) mass is 1020 g/mol. The number of carbonyl (C=O) groups excluding carboxylic acids is 4. The molecule has 384 valence electrons. The Bertz CT molecular complexity index is 3100. The first-order valence-electron chi connectivity index (χ1n) is 25.4. The van der Waals surface area contributed by atoms with E-state index in [9.17, 15) is 19.2 Å². The number of nitrogens with one attached hydrogen (secondary N) is 4. The predicted octanol–water partition coefficient (Wildman–Crippen LogP) is 8.75. The molecule has 4 N–H and O–H groups in total. The lowest BCUT2D eigenvalue weighted by atomic mass is 9.82. The van der Waals surface area contributed by atoms with Crippen LogP contribution in [-0.2, 0) is 36.6 Å². The molecule has 18 nitrogen and oxygen atoms in total. The van der Waals surface area contributed by atoms with Gasteiger partial charge in [-0.15, -0.1) is 11.3 Å². The summed E-state index contributed by atoms with van der Waals surface area (Å²) in [6, 6.07) is 9.17. The van der Waals surface area contributed by atoms with Crippen LogP contribution in [0.1, 0.15) is 118 Å². The topological polar surface area (TPSA) is 211 Å². The maximum Gasteiger partial charge on any atom is 0.407 e. The number of aryl methyl sites for hydroxylation is 2. The number of amides is 4. The zero-order valence-electron chi connectivity index (χ0n) is 41.9. The summed E-state index contributed by atoms with van der Waals surface area (Å²) in [4.78, 5) is 79.4. The molecule has 11 rings (SSSR count). The van der Waals surface area contributed by atoms with Crippen LogP contribution in [0.5, 0.6) is 5.75 Å². The van der Waals surface area contributed by atoms with Crippen LogP contribution < -0.4 is 15.4 Å². The number of halogens is 1. The summed E-state index contributed by atoms with van der Waals surface area (Å²) in [5.74, 6) is 0.429. The number of carbonyl (C=O) groups is 4. The van der Waals surface area contributed by atoms with Crippen molar-refractivity contribution in [3.63, 3.8) is 0 Å². The van der Waals surface area contributed by atoms with Gasteiger partial charge in [-0.05, 0) is 114 Å². The molecular formula is C53H61FN10O8S. The third-order valence-electron chi connectivity index (χ3n) is 15.3. The van der Waals surface area contributed by atoms with Crippen LogP contribution in [0.15, 0.2) is 48.8 Å². The van der Waals surface area contributed by atoms with Gasteiger partial charge >= 0.3 is 12.2 Å². The van der Waals surface area contributed by atoms with Crippen molar-refractivity contribution >= 4 is 46.2 Å². The lowest BCUT2D eigenvalue weighted by Gasteiger charge is -2.40. The minimum atomic E-state index is -0.776. The Hall–Kier alpha value is -6.80. The van der Waals surface area contributed by atoms with Gasteiger partial charge in [0.1, 0.15) is 35.3 Å². The molecule has 6 aromatic rings. The number of hydrogen-bond acceptors (Lipinski definition) is 12. The molecule has 4 aromatic heterocycles. The third-order valence-corrected chi connectivity index (χ3v) is 16.5. The first kappa shape index (κ1) is 48.5. The number of aromatic amines is 2. The molecule has 3 saturated heterocycles. The fourth-order valence-electron chi connectivity index (χ4n) is 11.7. The summed E-state index contributed by atoms with van der Waals surface area (Å²) >= 11 is 1.64. The number of H-pyrrole nitrogens is 2. The number of aromatic nitrogens is 6. The van der Waals surface area contributed by atoms with Gasteiger partial charge in [0, 0.05) is 41.1 Å². The van der Waals surface area contributed by atoms with E-state index in [-0.39, 0.29) is 35.7 Å². The smallest absolute Gasteiger partial charge is 0.407 e. The lowest BCUT2D eigenvalue weighted by molar-refractivity contribution is -0.139. The van der Waals surface area contributed by atoms with E-state index < -0.39 is 41.9 Å². The Kier molecular flexibility index (Phi) is 12.8. The molecule has 4 aliphatic heterocycles. The van der Waals surface area contributed by atoms with E-state index >= 15 is 4.39 Å². The highest BCUT2D eigenvalue weighted by Crippen LogP contribution is 2.49. The van der Waals surface area contributed by atoms with Crippen molar-refractivity contribution in [2.45, 2.75) is 121 Å². The van der Waals surface area contributed by atoms with Gasteiger partial charge in [0.15, 0.2) is 5.01 Å². The van der Waals surface area contributed by atoms with Gasteiger partial charge in [0.25, 0.3) is 0 Å². The van der Waals surface area contributed by atoms with Gasteiger partial charge in [-0.2, -0.15) is 0 Å². The van der Waals surface area contributed by atoms with Gasteiger partial charge in [0.2, 0.25) is 18.0 Å². The number of thiazole rings is 1. The van der Waals surface area contributed by atoms with E-state index in [0.29, 0.717) is 85.3 Å². The summed E-state index contributed by atoms with van der Waals surface area (Å²) < 4.78 is 41.6. The molecule has 5 aliphatic rings. The second-order valence-electron chi connectivity index (χ2n) is 20.8. The van der Waals surface area contributed by atoms with Crippen LogP contribution in [0.3, 0.4) is 0 Å². The maximum absolute atomic E-state index is 17.0. The molecule has 0 bridgehead atoms. The number of nitrogens with zero attached hydrogens (tertiary/aromatic N) is 6. The summed E-state index contributed by atoms with van der Waals surface area (Å²) in [5.41, 5.74) is 5.19. The molecule has 6 unspecified atom stereocenters. The molecule has 0 radical (unpaired) electrons. The summed E-state index contributed by atoms with van der Waals surface area (Å²) in [7, 11) is 2.57. The Morgan fingerprint density at radius 2 is 1.53 bits per heavy atom. The van der Waals surface area contributed by atoms with Gasteiger partial charge in [0.05, 0.1) is 78.2 Å². The van der Waals surface area contributed by atoms with E-state index in [0.717, 1.165) is 65.0 Å². The fraction of sp³-hybridized carbons (Fsp3) is 0.491. The van der Waals surface area contributed by atoms with Crippen LogP contribution in [0, 0.1) is 17.7 Å². The van der Waals surface area contributed by atoms with Crippen molar-refractivity contribution < 1.29 is 42.5 Å². The molecular weight excluding hydrogens is 956 g/mol. The number of rotatable bonds is 11. The van der Waals surface area contributed by atoms with Crippen LogP contribution in [0.25, 0.3) is 44.7 Å². The Morgan fingerprint density at radius 3 is 2.21 bits per heavy atom. The Balaban J connectivity index is 0.895. The predicted molar refractivity (Wildman–Crippen MR) is 269 cm³/mol. The number of benzene rings is 2. The van der Waals surface area contributed by atoms with Gasteiger partial charge in [-0.1, -0.05) is 19.9 Å². The van der Waals surface area contributed by atoms with Crippen LogP contribution in [0.4, 0.5) is 14.0 Å². The second-order valence-corrected chi connectivity index (χ2v) is 21.9. The molecule has 3 fully saturated rings. The van der Waals surface area contributed by atoms with Crippen molar-refractivity contribution in [1.29, 1.82) is 0 Å². The van der Waals surface area contributed by atoms with E-state index in [1.54, 1.807) is 28.6 Å². The molecule has 6 atom stereocenters. The quantitative estimate of drug-likeness (QED) is 0.0964. The number of fused-ring (bicyclic) bond motifs is 6.